The Bertz CT molecular complexity index is 1080. The zero-order chi connectivity index (χ0) is 26.1. The zero-order valence-corrected chi connectivity index (χ0v) is 20.8. The average Bonchev–Trinajstić information content (AvgIpc) is 3.26. The van der Waals surface area contributed by atoms with Crippen molar-refractivity contribution in [1.29, 1.82) is 5.26 Å². The van der Waals surface area contributed by atoms with Gasteiger partial charge in [0.2, 0.25) is 5.88 Å². The van der Waals surface area contributed by atoms with Gasteiger partial charge in [0.25, 0.3) is 0 Å². The number of allylic oxidation sites excluding steroid dienone is 5. The van der Waals surface area contributed by atoms with Gasteiger partial charge in [-0.05, 0) is 55.4 Å². The molecule has 10 heteroatoms. The highest BCUT2D eigenvalue weighted by Gasteiger charge is 2.36. The highest BCUT2D eigenvalue weighted by Crippen LogP contribution is 2.30. The molecule has 1 aromatic rings. The minimum atomic E-state index is -1.06. The van der Waals surface area contributed by atoms with Crippen molar-refractivity contribution in [2.24, 2.45) is 0 Å². The highest BCUT2D eigenvalue weighted by molar-refractivity contribution is 5.78. The van der Waals surface area contributed by atoms with Gasteiger partial charge in [0.05, 0.1) is 31.2 Å². The fourth-order valence-electron chi connectivity index (χ4n) is 4.45. The Kier molecular flexibility index (Phi) is 9.45. The van der Waals surface area contributed by atoms with Gasteiger partial charge in [-0.3, -0.25) is 4.94 Å². The molecule has 1 saturated heterocycles. The monoisotopic (exact) mass is 497 g/mol. The third-order valence-corrected chi connectivity index (χ3v) is 6.52. The molecule has 0 unspecified atom stereocenters. The number of nitrogens with zero attached hydrogens (tertiary/aromatic N) is 4. The standard InChI is InChI=1S/C26H32FN5O4/c1-18(22(16-28)14-20-7-4-10-29-19(20)2)6-5-11-31-12-13-32(26(31)34)23(15-25(33)36-27)21-8-9-24(35-3)30-17-21/h8-9,14,17,23,29H,1,4-7,10-13,15H2,2-3H3/b22-14-/t23-/m0/s1. The van der Waals surface area contributed by atoms with Gasteiger partial charge in [0.1, 0.15) is 0 Å². The van der Waals surface area contributed by atoms with E-state index in [0.717, 1.165) is 36.2 Å². The molecule has 0 saturated carbocycles. The quantitative estimate of drug-likeness (QED) is 0.362. The number of aromatic nitrogens is 1. The summed E-state index contributed by atoms with van der Waals surface area (Å²) in [4.78, 5) is 35.6. The maximum absolute atomic E-state index is 13.1. The van der Waals surface area contributed by atoms with E-state index in [9.17, 15) is 19.4 Å². The van der Waals surface area contributed by atoms with Gasteiger partial charge in [-0.15, -0.1) is 0 Å². The number of carbonyl (C=O) groups excluding carboxylic acids is 2. The van der Waals surface area contributed by atoms with E-state index in [0.29, 0.717) is 49.5 Å². The van der Waals surface area contributed by atoms with Crippen LogP contribution in [0.15, 0.2) is 53.4 Å². The molecule has 0 bridgehead atoms. The van der Waals surface area contributed by atoms with E-state index in [1.807, 2.05) is 13.0 Å². The molecule has 3 rings (SSSR count). The summed E-state index contributed by atoms with van der Waals surface area (Å²) >= 11 is 0. The van der Waals surface area contributed by atoms with Crippen LogP contribution in [0.4, 0.5) is 9.32 Å². The molecule has 1 N–H and O–H groups in total. The van der Waals surface area contributed by atoms with Gasteiger partial charge in [-0.1, -0.05) is 12.6 Å². The van der Waals surface area contributed by atoms with Crippen LogP contribution in [0.5, 0.6) is 5.88 Å². The summed E-state index contributed by atoms with van der Waals surface area (Å²) in [6, 6.07) is 4.59. The Morgan fingerprint density at radius 2 is 2.22 bits per heavy atom. The summed E-state index contributed by atoms with van der Waals surface area (Å²) in [7, 11) is 1.48. The molecule has 0 radical (unpaired) electrons. The molecule has 3 heterocycles. The minimum Gasteiger partial charge on any atom is -0.481 e. The lowest BCUT2D eigenvalue weighted by atomic mass is 9.97. The topological polar surface area (TPSA) is 108 Å². The molecule has 2 aliphatic heterocycles. The maximum atomic E-state index is 13.1. The number of nitriles is 1. The average molecular weight is 498 g/mol. The lowest BCUT2D eigenvalue weighted by Crippen LogP contribution is -2.36. The molecular weight excluding hydrogens is 465 g/mol. The van der Waals surface area contributed by atoms with E-state index in [1.54, 1.807) is 17.0 Å². The lowest BCUT2D eigenvalue weighted by molar-refractivity contribution is -0.184. The van der Waals surface area contributed by atoms with Gasteiger partial charge in [0, 0.05) is 48.7 Å². The third kappa shape index (κ3) is 6.62. The number of rotatable bonds is 11. The number of amides is 2. The molecule has 1 aromatic heterocycles. The predicted octanol–water partition coefficient (Wildman–Crippen LogP) is 4.13. The molecular formula is C26H32FN5O4. The van der Waals surface area contributed by atoms with Gasteiger partial charge in [-0.2, -0.15) is 5.26 Å². The van der Waals surface area contributed by atoms with Crippen LogP contribution < -0.4 is 10.1 Å². The zero-order valence-electron chi connectivity index (χ0n) is 20.8. The molecule has 36 heavy (non-hydrogen) atoms. The number of carbonyl (C=O) groups is 2. The molecule has 0 spiro atoms. The molecule has 0 aliphatic carbocycles. The van der Waals surface area contributed by atoms with Crippen molar-refractivity contribution in [2.75, 3.05) is 33.3 Å². The van der Waals surface area contributed by atoms with Crippen LogP contribution in [0.1, 0.15) is 50.6 Å². The van der Waals surface area contributed by atoms with Crippen LogP contribution in [0.2, 0.25) is 0 Å². The van der Waals surface area contributed by atoms with Crippen LogP contribution in [0.25, 0.3) is 0 Å². The Morgan fingerprint density at radius 1 is 1.42 bits per heavy atom. The van der Waals surface area contributed by atoms with Crippen LogP contribution >= 0.6 is 0 Å². The minimum absolute atomic E-state index is 0.252. The predicted molar refractivity (Wildman–Crippen MR) is 131 cm³/mol. The first-order valence-corrected chi connectivity index (χ1v) is 12.0. The van der Waals surface area contributed by atoms with Crippen molar-refractivity contribution >= 4 is 12.0 Å². The van der Waals surface area contributed by atoms with Crippen LogP contribution in [-0.4, -0.2) is 60.1 Å². The second kappa shape index (κ2) is 12.7. The summed E-state index contributed by atoms with van der Waals surface area (Å²) in [6.07, 6.45) is 6.24. The number of hydrogen-bond acceptors (Lipinski definition) is 7. The van der Waals surface area contributed by atoms with Crippen molar-refractivity contribution in [1.82, 2.24) is 20.1 Å². The first kappa shape index (κ1) is 26.7. The molecule has 192 valence electrons. The number of halogens is 1. The second-order valence-corrected chi connectivity index (χ2v) is 8.82. The molecule has 9 nitrogen and oxygen atoms in total. The van der Waals surface area contributed by atoms with Gasteiger partial charge in [0.15, 0.2) is 0 Å². The Hall–Kier alpha value is -3.87. The summed E-state index contributed by atoms with van der Waals surface area (Å²) in [5.74, 6) is -0.676. The summed E-state index contributed by atoms with van der Waals surface area (Å²) in [6.45, 7) is 8.35. The van der Waals surface area contributed by atoms with E-state index in [2.05, 4.69) is 27.9 Å². The Balaban J connectivity index is 1.61. The van der Waals surface area contributed by atoms with Crippen LogP contribution in [0.3, 0.4) is 0 Å². The highest BCUT2D eigenvalue weighted by atomic mass is 19.3. The first-order valence-electron chi connectivity index (χ1n) is 12.0. The first-order chi connectivity index (χ1) is 17.4. The molecule has 1 fully saturated rings. The lowest BCUT2D eigenvalue weighted by Gasteiger charge is -2.27. The molecule has 0 aromatic carbocycles. The van der Waals surface area contributed by atoms with Crippen molar-refractivity contribution in [3.05, 3.63) is 59.0 Å². The normalized spacial score (nSPS) is 16.9. The number of pyridine rings is 1. The molecule has 1 atom stereocenters. The fourth-order valence-corrected chi connectivity index (χ4v) is 4.45. The van der Waals surface area contributed by atoms with E-state index in [4.69, 9.17) is 4.74 Å². The van der Waals surface area contributed by atoms with Crippen molar-refractivity contribution in [3.8, 4) is 11.9 Å². The van der Waals surface area contributed by atoms with Crippen molar-refractivity contribution in [2.45, 2.75) is 45.1 Å². The second-order valence-electron chi connectivity index (χ2n) is 8.82. The van der Waals surface area contributed by atoms with Crippen LogP contribution in [0, 0.1) is 11.3 Å². The fraction of sp³-hybridized carbons (Fsp3) is 0.462. The Morgan fingerprint density at radius 3 is 2.86 bits per heavy atom. The Labute approximate surface area is 210 Å². The number of nitrogens with one attached hydrogen (secondary N) is 1. The van der Waals surface area contributed by atoms with Gasteiger partial charge in [-0.25, -0.2) is 14.6 Å². The van der Waals surface area contributed by atoms with Crippen molar-refractivity contribution in [3.63, 3.8) is 0 Å². The molecule has 2 aliphatic rings. The van der Waals surface area contributed by atoms with E-state index in [-0.39, 0.29) is 12.5 Å². The third-order valence-electron chi connectivity index (χ3n) is 6.52. The van der Waals surface area contributed by atoms with E-state index < -0.39 is 12.0 Å². The van der Waals surface area contributed by atoms with Crippen molar-refractivity contribution < 1.29 is 23.8 Å². The smallest absolute Gasteiger partial charge is 0.351 e. The number of hydrogen-bond donors (Lipinski definition) is 1. The largest absolute Gasteiger partial charge is 0.481 e. The summed E-state index contributed by atoms with van der Waals surface area (Å²) in [5, 5.41) is 12.9. The van der Waals surface area contributed by atoms with Gasteiger partial charge < -0.3 is 19.9 Å². The number of methoxy groups -OCH3 is 1. The van der Waals surface area contributed by atoms with E-state index in [1.165, 1.54) is 18.2 Å². The number of ether oxygens (including phenoxy) is 1. The number of urea groups is 1. The summed E-state index contributed by atoms with van der Waals surface area (Å²) < 4.78 is 17.6. The maximum Gasteiger partial charge on any atom is 0.351 e. The van der Waals surface area contributed by atoms with E-state index >= 15 is 0 Å². The molecule has 2 amide bonds. The summed E-state index contributed by atoms with van der Waals surface area (Å²) in [5.41, 5.74) is 4.08. The van der Waals surface area contributed by atoms with Gasteiger partial charge >= 0.3 is 12.0 Å². The SMILES string of the molecule is C=C(CCCN1CCN([C@@H](CC(=O)OF)c2ccc(OC)nc2)C1=O)/C(C#N)=C\C1=C(C)NCCC1. The van der Waals surface area contributed by atoms with Crippen LogP contribution in [-0.2, 0) is 9.74 Å².